The highest BCUT2D eigenvalue weighted by Crippen LogP contribution is 2.13. The van der Waals surface area contributed by atoms with E-state index in [9.17, 15) is 5.11 Å². The van der Waals surface area contributed by atoms with Gasteiger partial charge in [0.15, 0.2) is 0 Å². The van der Waals surface area contributed by atoms with Crippen molar-refractivity contribution < 1.29 is 10.2 Å². The molecule has 1 aromatic rings. The number of rotatable bonds is 5. The van der Waals surface area contributed by atoms with E-state index in [1.165, 1.54) is 11.1 Å². The summed E-state index contributed by atoms with van der Waals surface area (Å²) in [6, 6.07) is 8.43. The smallest absolute Gasteiger partial charge is 0.0895 e. The number of aliphatic hydroxyl groups excluding tert-OH is 2. The van der Waals surface area contributed by atoms with Gasteiger partial charge in [-0.2, -0.15) is 0 Å². The van der Waals surface area contributed by atoms with Crippen molar-refractivity contribution >= 4 is 0 Å². The third-order valence-electron chi connectivity index (χ3n) is 2.41. The molecule has 0 aliphatic rings. The summed E-state index contributed by atoms with van der Waals surface area (Å²) in [4.78, 5) is 0. The minimum atomic E-state index is -0.683. The van der Waals surface area contributed by atoms with Gasteiger partial charge in [-0.25, -0.2) is 0 Å². The molecule has 0 saturated carbocycles. The second-order valence-electron chi connectivity index (χ2n) is 3.88. The zero-order valence-electron chi connectivity index (χ0n) is 9.27. The van der Waals surface area contributed by atoms with Gasteiger partial charge in [-0.05, 0) is 19.4 Å². The predicted octanol–water partition coefficient (Wildman–Crippen LogP) is 0.999. The Hall–Kier alpha value is -0.900. The van der Waals surface area contributed by atoms with Crippen LogP contribution in [0.25, 0.3) is 0 Å². The largest absolute Gasteiger partial charge is 0.394 e. The van der Waals surface area contributed by atoms with E-state index in [1.807, 2.05) is 13.0 Å². The fourth-order valence-corrected chi connectivity index (χ4v) is 1.43. The third-order valence-corrected chi connectivity index (χ3v) is 2.41. The first-order valence-corrected chi connectivity index (χ1v) is 5.22. The van der Waals surface area contributed by atoms with Gasteiger partial charge in [0.25, 0.3) is 0 Å². The second-order valence-corrected chi connectivity index (χ2v) is 3.88. The Labute approximate surface area is 90.8 Å². The summed E-state index contributed by atoms with van der Waals surface area (Å²) in [6.45, 7) is 4.30. The van der Waals surface area contributed by atoms with Crippen molar-refractivity contribution in [2.24, 2.45) is 0 Å². The summed E-state index contributed by atoms with van der Waals surface area (Å²) in [6.07, 6.45) is -0.683. The van der Waals surface area contributed by atoms with Gasteiger partial charge in [0.1, 0.15) is 0 Å². The van der Waals surface area contributed by atoms with Crippen molar-refractivity contribution in [3.05, 3.63) is 35.4 Å². The SMILES string of the molecule is Cc1cccc([C@@H](C)NCC(O)CO)c1. The number of benzene rings is 1. The second kappa shape index (κ2) is 5.85. The Balaban J connectivity index is 2.50. The Bertz CT molecular complexity index is 301. The van der Waals surface area contributed by atoms with Gasteiger partial charge in [-0.15, -0.1) is 0 Å². The zero-order chi connectivity index (χ0) is 11.3. The van der Waals surface area contributed by atoms with Gasteiger partial charge in [0.05, 0.1) is 12.7 Å². The van der Waals surface area contributed by atoms with Crippen LogP contribution in [0, 0.1) is 6.92 Å². The number of nitrogens with one attached hydrogen (secondary N) is 1. The van der Waals surface area contributed by atoms with Crippen molar-refractivity contribution in [1.29, 1.82) is 0 Å². The number of aryl methyl sites for hydroxylation is 1. The summed E-state index contributed by atoms with van der Waals surface area (Å²) in [7, 11) is 0. The van der Waals surface area contributed by atoms with Crippen LogP contribution in [0.3, 0.4) is 0 Å². The van der Waals surface area contributed by atoms with Gasteiger partial charge in [0.2, 0.25) is 0 Å². The average molecular weight is 209 g/mol. The molecule has 1 rings (SSSR count). The summed E-state index contributed by atoms with van der Waals surface area (Å²) in [5.41, 5.74) is 2.42. The lowest BCUT2D eigenvalue weighted by Crippen LogP contribution is -2.31. The maximum Gasteiger partial charge on any atom is 0.0895 e. The molecule has 3 nitrogen and oxygen atoms in total. The quantitative estimate of drug-likeness (QED) is 0.678. The van der Waals surface area contributed by atoms with Crippen molar-refractivity contribution in [3.8, 4) is 0 Å². The van der Waals surface area contributed by atoms with E-state index in [1.54, 1.807) is 0 Å². The molecular weight excluding hydrogens is 190 g/mol. The predicted molar refractivity (Wildman–Crippen MR) is 60.7 cm³/mol. The van der Waals surface area contributed by atoms with Crippen molar-refractivity contribution in [1.82, 2.24) is 5.32 Å². The van der Waals surface area contributed by atoms with E-state index in [-0.39, 0.29) is 12.6 Å². The Kier molecular flexibility index (Phi) is 4.75. The van der Waals surface area contributed by atoms with E-state index < -0.39 is 6.10 Å². The molecule has 0 aliphatic heterocycles. The molecule has 0 fully saturated rings. The minimum Gasteiger partial charge on any atom is -0.394 e. The number of hydrogen-bond acceptors (Lipinski definition) is 3. The van der Waals surface area contributed by atoms with Crippen LogP contribution in [0.5, 0.6) is 0 Å². The first kappa shape index (κ1) is 12.2. The lowest BCUT2D eigenvalue weighted by atomic mass is 10.1. The third kappa shape index (κ3) is 4.00. The number of aliphatic hydroxyl groups is 2. The van der Waals surface area contributed by atoms with E-state index in [2.05, 4.69) is 30.4 Å². The molecule has 0 spiro atoms. The zero-order valence-corrected chi connectivity index (χ0v) is 9.27. The van der Waals surface area contributed by atoms with E-state index >= 15 is 0 Å². The van der Waals surface area contributed by atoms with Crippen LogP contribution in [-0.4, -0.2) is 29.5 Å². The van der Waals surface area contributed by atoms with Gasteiger partial charge >= 0.3 is 0 Å². The molecule has 0 amide bonds. The summed E-state index contributed by atoms with van der Waals surface area (Å²) >= 11 is 0. The van der Waals surface area contributed by atoms with Crippen LogP contribution in [0.1, 0.15) is 24.1 Å². The minimum absolute atomic E-state index is 0.186. The van der Waals surface area contributed by atoms with Gasteiger partial charge in [0, 0.05) is 12.6 Å². The van der Waals surface area contributed by atoms with Gasteiger partial charge in [-0.3, -0.25) is 0 Å². The molecule has 0 bridgehead atoms. The molecule has 2 atom stereocenters. The molecule has 84 valence electrons. The molecular formula is C12H19NO2. The Morgan fingerprint density at radius 3 is 2.73 bits per heavy atom. The molecule has 3 N–H and O–H groups in total. The highest BCUT2D eigenvalue weighted by Gasteiger charge is 2.07. The first-order chi connectivity index (χ1) is 7.13. The monoisotopic (exact) mass is 209 g/mol. The highest BCUT2D eigenvalue weighted by molar-refractivity contribution is 5.24. The maximum absolute atomic E-state index is 9.20. The fraction of sp³-hybridized carbons (Fsp3) is 0.500. The Morgan fingerprint density at radius 1 is 1.40 bits per heavy atom. The van der Waals surface area contributed by atoms with Gasteiger partial charge < -0.3 is 15.5 Å². The molecule has 0 saturated heterocycles. The average Bonchev–Trinajstić information content (AvgIpc) is 2.25. The van der Waals surface area contributed by atoms with Crippen LogP contribution < -0.4 is 5.32 Å². The van der Waals surface area contributed by atoms with Gasteiger partial charge in [-0.1, -0.05) is 29.8 Å². The molecule has 1 aromatic carbocycles. The summed E-state index contributed by atoms with van der Waals surface area (Å²) in [5.74, 6) is 0. The molecule has 0 aromatic heterocycles. The standard InChI is InChI=1S/C12H19NO2/c1-9-4-3-5-11(6-9)10(2)13-7-12(15)8-14/h3-6,10,12-15H,7-8H2,1-2H3/t10-,12?/m1/s1. The van der Waals surface area contributed by atoms with Crippen LogP contribution in [0.15, 0.2) is 24.3 Å². The van der Waals surface area contributed by atoms with E-state index in [4.69, 9.17) is 5.11 Å². The van der Waals surface area contributed by atoms with E-state index in [0.717, 1.165) is 0 Å². The van der Waals surface area contributed by atoms with Crippen molar-refractivity contribution in [3.63, 3.8) is 0 Å². The summed E-state index contributed by atoms with van der Waals surface area (Å²) < 4.78 is 0. The van der Waals surface area contributed by atoms with E-state index in [0.29, 0.717) is 6.54 Å². The van der Waals surface area contributed by atoms with Crippen molar-refractivity contribution in [2.45, 2.75) is 26.0 Å². The normalized spacial score (nSPS) is 14.9. The van der Waals surface area contributed by atoms with Crippen LogP contribution in [0.4, 0.5) is 0 Å². The molecule has 15 heavy (non-hydrogen) atoms. The molecule has 0 aliphatic carbocycles. The Morgan fingerprint density at radius 2 is 2.13 bits per heavy atom. The summed E-state index contributed by atoms with van der Waals surface area (Å²) in [5, 5.41) is 21.0. The molecule has 0 radical (unpaired) electrons. The van der Waals surface area contributed by atoms with Crippen molar-refractivity contribution in [2.75, 3.05) is 13.2 Å². The molecule has 1 unspecified atom stereocenters. The topological polar surface area (TPSA) is 52.5 Å². The lowest BCUT2D eigenvalue weighted by Gasteiger charge is -2.16. The van der Waals surface area contributed by atoms with Crippen LogP contribution >= 0.6 is 0 Å². The fourth-order valence-electron chi connectivity index (χ4n) is 1.43. The highest BCUT2D eigenvalue weighted by atomic mass is 16.3. The maximum atomic E-state index is 9.20. The molecule has 0 heterocycles. The lowest BCUT2D eigenvalue weighted by molar-refractivity contribution is 0.0924. The van der Waals surface area contributed by atoms with Crippen LogP contribution in [0.2, 0.25) is 0 Å². The first-order valence-electron chi connectivity index (χ1n) is 5.22. The van der Waals surface area contributed by atoms with Crippen LogP contribution in [-0.2, 0) is 0 Å². The number of hydrogen-bond donors (Lipinski definition) is 3. The molecule has 3 heteroatoms.